The second kappa shape index (κ2) is 12.2. The van der Waals surface area contributed by atoms with Gasteiger partial charge in [-0.25, -0.2) is 5.43 Å². The number of nitrogens with zero attached hydrogens (tertiary/aromatic N) is 1. The van der Waals surface area contributed by atoms with E-state index >= 15 is 0 Å². The molecule has 31 heavy (non-hydrogen) atoms. The van der Waals surface area contributed by atoms with Gasteiger partial charge in [-0.05, 0) is 55.4 Å². The van der Waals surface area contributed by atoms with Crippen LogP contribution in [-0.2, 0) is 17.9 Å². The van der Waals surface area contributed by atoms with Gasteiger partial charge in [0, 0.05) is 32.1 Å². The molecular formula is C26H35N3O2. The average Bonchev–Trinajstić information content (AvgIpc) is 3.28. The molecule has 1 amide bonds. The SMILES string of the molecule is C=CCN(Cc1ccc(CNNc2cccc(OC3CCCC3)c2)cc1)C(=O)CCC. The smallest absolute Gasteiger partial charge is 0.223 e. The highest BCUT2D eigenvalue weighted by Gasteiger charge is 2.16. The van der Waals surface area contributed by atoms with Crippen molar-refractivity contribution in [3.63, 3.8) is 0 Å². The average molecular weight is 422 g/mol. The Morgan fingerprint density at radius 1 is 1.16 bits per heavy atom. The van der Waals surface area contributed by atoms with Crippen LogP contribution in [0.4, 0.5) is 5.69 Å². The Balaban J connectivity index is 1.47. The summed E-state index contributed by atoms with van der Waals surface area (Å²) in [5.41, 5.74) is 9.81. The van der Waals surface area contributed by atoms with Crippen LogP contribution >= 0.6 is 0 Å². The molecule has 2 aromatic carbocycles. The van der Waals surface area contributed by atoms with Crippen LogP contribution in [-0.4, -0.2) is 23.5 Å². The lowest BCUT2D eigenvalue weighted by Gasteiger charge is -2.21. The molecule has 166 valence electrons. The van der Waals surface area contributed by atoms with E-state index in [0.29, 0.717) is 32.2 Å². The van der Waals surface area contributed by atoms with Crippen LogP contribution in [0.2, 0.25) is 0 Å². The fraction of sp³-hybridized carbons (Fsp3) is 0.423. The number of anilines is 1. The highest BCUT2D eigenvalue weighted by Crippen LogP contribution is 2.25. The molecular weight excluding hydrogens is 386 g/mol. The molecule has 0 saturated heterocycles. The molecule has 1 aliphatic rings. The number of benzene rings is 2. The maximum Gasteiger partial charge on any atom is 0.223 e. The third kappa shape index (κ3) is 7.44. The summed E-state index contributed by atoms with van der Waals surface area (Å²) in [4.78, 5) is 14.1. The summed E-state index contributed by atoms with van der Waals surface area (Å²) in [5, 5.41) is 0. The van der Waals surface area contributed by atoms with Crippen LogP contribution in [0.25, 0.3) is 0 Å². The van der Waals surface area contributed by atoms with E-state index < -0.39 is 0 Å². The molecule has 0 unspecified atom stereocenters. The van der Waals surface area contributed by atoms with E-state index in [-0.39, 0.29) is 5.91 Å². The zero-order valence-corrected chi connectivity index (χ0v) is 18.6. The topological polar surface area (TPSA) is 53.6 Å². The Bertz CT molecular complexity index is 829. The van der Waals surface area contributed by atoms with Crippen molar-refractivity contribution in [1.29, 1.82) is 0 Å². The van der Waals surface area contributed by atoms with Gasteiger partial charge in [0.1, 0.15) is 5.75 Å². The minimum absolute atomic E-state index is 0.177. The first-order valence-corrected chi connectivity index (χ1v) is 11.4. The van der Waals surface area contributed by atoms with Gasteiger partial charge in [-0.15, -0.1) is 6.58 Å². The van der Waals surface area contributed by atoms with Crippen LogP contribution in [0.15, 0.2) is 61.2 Å². The molecule has 1 aliphatic carbocycles. The molecule has 0 radical (unpaired) electrons. The Kier molecular flexibility index (Phi) is 8.98. The summed E-state index contributed by atoms with van der Waals surface area (Å²) < 4.78 is 6.07. The molecule has 3 rings (SSSR count). The number of ether oxygens (including phenoxy) is 1. The van der Waals surface area contributed by atoms with Gasteiger partial charge in [-0.3, -0.25) is 4.79 Å². The van der Waals surface area contributed by atoms with Gasteiger partial charge in [0.25, 0.3) is 0 Å². The highest BCUT2D eigenvalue weighted by molar-refractivity contribution is 5.76. The Morgan fingerprint density at radius 2 is 1.90 bits per heavy atom. The van der Waals surface area contributed by atoms with Gasteiger partial charge in [-0.2, -0.15) is 0 Å². The van der Waals surface area contributed by atoms with E-state index in [9.17, 15) is 4.79 Å². The Hall–Kier alpha value is -2.79. The van der Waals surface area contributed by atoms with E-state index in [1.165, 1.54) is 18.4 Å². The monoisotopic (exact) mass is 421 g/mol. The molecule has 0 spiro atoms. The van der Waals surface area contributed by atoms with Crippen LogP contribution in [0.1, 0.15) is 56.6 Å². The molecule has 2 N–H and O–H groups in total. The molecule has 5 heteroatoms. The first kappa shape index (κ1) is 22.9. The van der Waals surface area contributed by atoms with Crippen LogP contribution in [0, 0.1) is 0 Å². The first-order valence-electron chi connectivity index (χ1n) is 11.4. The molecule has 0 bridgehead atoms. The van der Waals surface area contributed by atoms with Crippen LogP contribution < -0.4 is 15.6 Å². The van der Waals surface area contributed by atoms with Crippen molar-refractivity contribution in [2.75, 3.05) is 12.0 Å². The second-order valence-corrected chi connectivity index (χ2v) is 8.16. The summed E-state index contributed by atoms with van der Waals surface area (Å²) in [6.07, 6.45) is 8.43. The minimum atomic E-state index is 0.177. The predicted octanol–water partition coefficient (Wildman–Crippen LogP) is 5.44. The van der Waals surface area contributed by atoms with Crippen LogP contribution in [0.3, 0.4) is 0 Å². The number of hydrogen-bond donors (Lipinski definition) is 2. The summed E-state index contributed by atoms with van der Waals surface area (Å²) in [6, 6.07) is 16.5. The third-order valence-electron chi connectivity index (χ3n) is 5.53. The van der Waals surface area contributed by atoms with Crippen molar-refractivity contribution in [2.45, 2.75) is 64.6 Å². The molecule has 0 aliphatic heterocycles. The molecule has 0 aromatic heterocycles. The molecule has 5 nitrogen and oxygen atoms in total. The summed E-state index contributed by atoms with van der Waals surface area (Å²) in [7, 11) is 0. The number of rotatable bonds is 12. The lowest BCUT2D eigenvalue weighted by atomic mass is 10.1. The predicted molar refractivity (Wildman–Crippen MR) is 127 cm³/mol. The van der Waals surface area contributed by atoms with Crippen molar-refractivity contribution >= 4 is 11.6 Å². The van der Waals surface area contributed by atoms with Crippen LogP contribution in [0.5, 0.6) is 5.75 Å². The lowest BCUT2D eigenvalue weighted by Crippen LogP contribution is -2.30. The lowest BCUT2D eigenvalue weighted by molar-refractivity contribution is -0.131. The largest absolute Gasteiger partial charge is 0.490 e. The van der Waals surface area contributed by atoms with Crippen molar-refractivity contribution in [3.05, 3.63) is 72.3 Å². The van der Waals surface area contributed by atoms with E-state index in [2.05, 4.69) is 41.7 Å². The maximum atomic E-state index is 12.3. The number of hydrazine groups is 1. The normalized spacial score (nSPS) is 13.7. The van der Waals surface area contributed by atoms with E-state index in [0.717, 1.165) is 36.3 Å². The van der Waals surface area contributed by atoms with Crippen molar-refractivity contribution in [3.8, 4) is 5.75 Å². The Morgan fingerprint density at radius 3 is 2.61 bits per heavy atom. The van der Waals surface area contributed by atoms with Crippen molar-refractivity contribution < 1.29 is 9.53 Å². The third-order valence-corrected chi connectivity index (χ3v) is 5.53. The summed E-state index contributed by atoms with van der Waals surface area (Å²) in [6.45, 7) is 7.69. The minimum Gasteiger partial charge on any atom is -0.490 e. The zero-order chi connectivity index (χ0) is 21.9. The van der Waals surface area contributed by atoms with Gasteiger partial charge in [0.2, 0.25) is 5.91 Å². The summed E-state index contributed by atoms with van der Waals surface area (Å²) in [5.74, 6) is 1.10. The first-order chi connectivity index (χ1) is 15.2. The molecule has 1 fully saturated rings. The van der Waals surface area contributed by atoms with Gasteiger partial charge in [0.05, 0.1) is 11.8 Å². The molecule has 2 aromatic rings. The van der Waals surface area contributed by atoms with Gasteiger partial charge in [-0.1, -0.05) is 43.3 Å². The molecule has 0 heterocycles. The van der Waals surface area contributed by atoms with E-state index in [1.54, 1.807) is 6.08 Å². The number of carbonyl (C=O) groups is 1. The molecule has 1 saturated carbocycles. The van der Waals surface area contributed by atoms with Gasteiger partial charge >= 0.3 is 0 Å². The number of carbonyl (C=O) groups excluding carboxylic acids is 1. The fourth-order valence-electron chi connectivity index (χ4n) is 3.86. The number of nitrogens with one attached hydrogen (secondary N) is 2. The van der Waals surface area contributed by atoms with Crippen molar-refractivity contribution in [1.82, 2.24) is 10.3 Å². The van der Waals surface area contributed by atoms with Gasteiger partial charge < -0.3 is 15.1 Å². The van der Waals surface area contributed by atoms with E-state index in [4.69, 9.17) is 4.74 Å². The fourth-order valence-corrected chi connectivity index (χ4v) is 3.86. The second-order valence-electron chi connectivity index (χ2n) is 8.16. The highest BCUT2D eigenvalue weighted by atomic mass is 16.5. The Labute approximate surface area is 186 Å². The zero-order valence-electron chi connectivity index (χ0n) is 18.6. The standard InChI is InChI=1S/C26H35N3O2/c1-3-8-26(30)29(17-4-2)20-22-15-13-21(14-16-22)19-27-28-23-9-7-12-25(18-23)31-24-10-5-6-11-24/h4,7,9,12-16,18,24,27-28H,2-3,5-6,8,10-11,17,19-20H2,1H3. The number of hydrogen-bond acceptors (Lipinski definition) is 4. The van der Waals surface area contributed by atoms with Crippen molar-refractivity contribution in [2.24, 2.45) is 0 Å². The summed E-state index contributed by atoms with van der Waals surface area (Å²) >= 11 is 0. The van der Waals surface area contributed by atoms with E-state index in [1.807, 2.05) is 36.1 Å². The van der Waals surface area contributed by atoms with Gasteiger partial charge in [0.15, 0.2) is 0 Å². The number of amides is 1. The quantitative estimate of drug-likeness (QED) is 0.354. The molecule has 0 atom stereocenters. The maximum absolute atomic E-state index is 12.3.